The molecule has 0 aromatic carbocycles. The average molecular weight is 250 g/mol. The van der Waals surface area contributed by atoms with Gasteiger partial charge in [-0.3, -0.25) is 0 Å². The van der Waals surface area contributed by atoms with Crippen molar-refractivity contribution in [3.8, 4) is 0 Å². The fourth-order valence-electron chi connectivity index (χ4n) is 2.53. The Kier molecular flexibility index (Phi) is 4.75. The van der Waals surface area contributed by atoms with Gasteiger partial charge in [0, 0.05) is 31.8 Å². The molecule has 0 radical (unpaired) electrons. The first-order valence-corrected chi connectivity index (χ1v) is 6.78. The molecule has 1 aromatic rings. The number of rotatable bonds is 5. The Morgan fingerprint density at radius 2 is 2.33 bits per heavy atom. The first-order valence-electron chi connectivity index (χ1n) is 6.78. The van der Waals surface area contributed by atoms with E-state index in [1.165, 1.54) is 12.8 Å². The van der Waals surface area contributed by atoms with E-state index < -0.39 is 0 Å². The van der Waals surface area contributed by atoms with Crippen LogP contribution < -0.4 is 10.2 Å². The number of aliphatic hydroxyl groups is 1. The van der Waals surface area contributed by atoms with Crippen LogP contribution in [0.5, 0.6) is 0 Å². The Labute approximate surface area is 108 Å². The van der Waals surface area contributed by atoms with Gasteiger partial charge in [0.15, 0.2) is 0 Å². The summed E-state index contributed by atoms with van der Waals surface area (Å²) in [4.78, 5) is 10.9. The number of nitrogens with one attached hydrogen (secondary N) is 1. The van der Waals surface area contributed by atoms with Crippen LogP contribution >= 0.6 is 0 Å². The molecule has 1 atom stereocenters. The van der Waals surface area contributed by atoms with Crippen molar-refractivity contribution in [2.75, 3.05) is 29.9 Å². The Balaban J connectivity index is 2.14. The molecular weight excluding hydrogens is 228 g/mol. The zero-order valence-corrected chi connectivity index (χ0v) is 11.0. The van der Waals surface area contributed by atoms with Crippen molar-refractivity contribution in [2.24, 2.45) is 0 Å². The van der Waals surface area contributed by atoms with E-state index in [9.17, 15) is 0 Å². The van der Waals surface area contributed by atoms with Gasteiger partial charge < -0.3 is 15.3 Å². The molecule has 0 aliphatic carbocycles. The van der Waals surface area contributed by atoms with Crippen LogP contribution in [0, 0.1) is 0 Å². The fourth-order valence-corrected chi connectivity index (χ4v) is 2.53. The minimum Gasteiger partial charge on any atom is -0.396 e. The van der Waals surface area contributed by atoms with E-state index in [1.54, 1.807) is 6.33 Å². The standard InChI is InChI=1S/C13H22N4O/c1-2-14-12-9-13(16-10-15-12)17-7-4-3-5-11(17)6-8-18/h9-11,18H,2-8H2,1H3,(H,14,15,16). The summed E-state index contributed by atoms with van der Waals surface area (Å²) in [5, 5.41) is 12.4. The molecule has 100 valence electrons. The fraction of sp³-hybridized carbons (Fsp3) is 0.692. The summed E-state index contributed by atoms with van der Waals surface area (Å²) in [5.41, 5.74) is 0. The minimum atomic E-state index is 0.242. The molecule has 0 bridgehead atoms. The third-order valence-corrected chi connectivity index (χ3v) is 3.39. The second-order valence-electron chi connectivity index (χ2n) is 4.65. The summed E-state index contributed by atoms with van der Waals surface area (Å²) in [6.45, 7) is 4.17. The van der Waals surface area contributed by atoms with Crippen molar-refractivity contribution in [3.63, 3.8) is 0 Å². The largest absolute Gasteiger partial charge is 0.396 e. The zero-order valence-electron chi connectivity index (χ0n) is 11.0. The molecule has 1 fully saturated rings. The Morgan fingerprint density at radius 1 is 1.44 bits per heavy atom. The maximum absolute atomic E-state index is 9.15. The molecule has 2 N–H and O–H groups in total. The highest BCUT2D eigenvalue weighted by molar-refractivity contribution is 5.49. The molecule has 5 heteroatoms. The number of nitrogens with zero attached hydrogens (tertiary/aromatic N) is 3. The summed E-state index contributed by atoms with van der Waals surface area (Å²) >= 11 is 0. The highest BCUT2D eigenvalue weighted by Crippen LogP contribution is 2.25. The van der Waals surface area contributed by atoms with Gasteiger partial charge in [0.2, 0.25) is 0 Å². The Hall–Kier alpha value is -1.36. The van der Waals surface area contributed by atoms with Crippen molar-refractivity contribution in [2.45, 2.75) is 38.6 Å². The quantitative estimate of drug-likeness (QED) is 0.832. The van der Waals surface area contributed by atoms with Crippen molar-refractivity contribution in [1.29, 1.82) is 0 Å². The van der Waals surface area contributed by atoms with Crippen LogP contribution in [-0.4, -0.2) is 40.8 Å². The molecule has 18 heavy (non-hydrogen) atoms. The number of aliphatic hydroxyl groups excluding tert-OH is 1. The van der Waals surface area contributed by atoms with Crippen molar-refractivity contribution in [3.05, 3.63) is 12.4 Å². The van der Waals surface area contributed by atoms with E-state index in [2.05, 4.69) is 27.1 Å². The van der Waals surface area contributed by atoms with Crippen molar-refractivity contribution < 1.29 is 5.11 Å². The molecule has 1 aliphatic heterocycles. The number of hydrogen-bond acceptors (Lipinski definition) is 5. The van der Waals surface area contributed by atoms with Crippen LogP contribution in [0.3, 0.4) is 0 Å². The highest BCUT2D eigenvalue weighted by atomic mass is 16.3. The van der Waals surface area contributed by atoms with Gasteiger partial charge in [0.25, 0.3) is 0 Å². The van der Waals surface area contributed by atoms with Gasteiger partial charge in [0.05, 0.1) is 0 Å². The summed E-state index contributed by atoms with van der Waals surface area (Å²) in [5.74, 6) is 1.84. The van der Waals surface area contributed by atoms with E-state index in [-0.39, 0.29) is 6.61 Å². The van der Waals surface area contributed by atoms with Crippen molar-refractivity contribution in [1.82, 2.24) is 9.97 Å². The molecule has 2 rings (SSSR count). The molecular formula is C13H22N4O. The molecule has 2 heterocycles. The zero-order chi connectivity index (χ0) is 12.8. The van der Waals surface area contributed by atoms with Crippen LogP contribution in [0.4, 0.5) is 11.6 Å². The van der Waals surface area contributed by atoms with Crippen LogP contribution in [0.2, 0.25) is 0 Å². The van der Waals surface area contributed by atoms with Gasteiger partial charge in [-0.1, -0.05) is 0 Å². The van der Waals surface area contributed by atoms with Crippen LogP contribution in [0.25, 0.3) is 0 Å². The summed E-state index contributed by atoms with van der Waals surface area (Å²) in [6.07, 6.45) is 6.01. The van der Waals surface area contributed by atoms with E-state index in [0.29, 0.717) is 6.04 Å². The minimum absolute atomic E-state index is 0.242. The monoisotopic (exact) mass is 250 g/mol. The predicted molar refractivity (Wildman–Crippen MR) is 72.9 cm³/mol. The average Bonchev–Trinajstić information content (AvgIpc) is 2.40. The third kappa shape index (κ3) is 3.10. The van der Waals surface area contributed by atoms with Gasteiger partial charge in [-0.05, 0) is 32.6 Å². The van der Waals surface area contributed by atoms with Gasteiger partial charge in [-0.15, -0.1) is 0 Å². The number of anilines is 2. The SMILES string of the molecule is CCNc1cc(N2CCCCC2CCO)ncn1. The number of piperidine rings is 1. The molecule has 1 aromatic heterocycles. The molecule has 0 amide bonds. The second kappa shape index (κ2) is 6.54. The molecule has 1 aliphatic rings. The smallest absolute Gasteiger partial charge is 0.134 e. The summed E-state index contributed by atoms with van der Waals surface area (Å²) in [7, 11) is 0. The third-order valence-electron chi connectivity index (χ3n) is 3.39. The van der Waals surface area contributed by atoms with E-state index in [4.69, 9.17) is 5.11 Å². The Bertz CT molecular complexity index is 370. The lowest BCUT2D eigenvalue weighted by molar-refractivity contribution is 0.262. The molecule has 1 unspecified atom stereocenters. The maximum atomic E-state index is 9.15. The Morgan fingerprint density at radius 3 is 3.11 bits per heavy atom. The van der Waals surface area contributed by atoms with Gasteiger partial charge in [-0.25, -0.2) is 9.97 Å². The number of hydrogen-bond donors (Lipinski definition) is 2. The van der Waals surface area contributed by atoms with Crippen LogP contribution in [-0.2, 0) is 0 Å². The molecule has 5 nitrogen and oxygen atoms in total. The lowest BCUT2D eigenvalue weighted by atomic mass is 10.00. The van der Waals surface area contributed by atoms with E-state index in [0.717, 1.165) is 37.6 Å². The van der Waals surface area contributed by atoms with Gasteiger partial charge >= 0.3 is 0 Å². The van der Waals surface area contributed by atoms with Crippen molar-refractivity contribution >= 4 is 11.6 Å². The molecule has 0 spiro atoms. The van der Waals surface area contributed by atoms with E-state index in [1.807, 2.05) is 6.07 Å². The van der Waals surface area contributed by atoms with Gasteiger partial charge in [-0.2, -0.15) is 0 Å². The molecule has 0 saturated carbocycles. The summed E-state index contributed by atoms with van der Waals surface area (Å²) in [6, 6.07) is 2.41. The van der Waals surface area contributed by atoms with E-state index >= 15 is 0 Å². The summed E-state index contributed by atoms with van der Waals surface area (Å²) < 4.78 is 0. The molecule has 1 saturated heterocycles. The second-order valence-corrected chi connectivity index (χ2v) is 4.65. The predicted octanol–water partition coefficient (Wildman–Crippen LogP) is 1.65. The number of aromatic nitrogens is 2. The highest BCUT2D eigenvalue weighted by Gasteiger charge is 2.23. The topological polar surface area (TPSA) is 61.3 Å². The lowest BCUT2D eigenvalue weighted by Crippen LogP contribution is -2.40. The first-order chi connectivity index (χ1) is 8.85. The first kappa shape index (κ1) is 13.1. The van der Waals surface area contributed by atoms with Gasteiger partial charge in [0.1, 0.15) is 18.0 Å². The van der Waals surface area contributed by atoms with Crippen LogP contribution in [0.15, 0.2) is 12.4 Å². The normalized spacial score (nSPS) is 19.9. The van der Waals surface area contributed by atoms with Crippen LogP contribution in [0.1, 0.15) is 32.6 Å². The lowest BCUT2D eigenvalue weighted by Gasteiger charge is -2.36. The maximum Gasteiger partial charge on any atom is 0.134 e.